The number of benzene rings is 2. The third-order valence-corrected chi connectivity index (χ3v) is 6.09. The van der Waals surface area contributed by atoms with Gasteiger partial charge in [-0.15, -0.1) is 10.2 Å². The maximum Gasteiger partial charge on any atom is 0.277 e. The normalized spacial score (nSPS) is 12.2. The second kappa shape index (κ2) is 8.75. The Morgan fingerprint density at radius 1 is 1.10 bits per heavy atom. The minimum atomic E-state index is -0.345. The van der Waals surface area contributed by atoms with E-state index in [-0.39, 0.29) is 11.0 Å². The first-order valence-electron chi connectivity index (χ1n) is 10.1. The standard InChI is InChI=1S/C23H24N4O2S/c1-4-27(5-2)17-12-10-16(11-13-17)22-25-26-23(29-22)30-15(3)21(28)19-14-24-20-9-7-6-8-18(19)20/h6-15,24H,4-5H2,1-3H3. The van der Waals surface area contributed by atoms with Gasteiger partial charge in [0.15, 0.2) is 5.78 Å². The Hall–Kier alpha value is -3.06. The maximum atomic E-state index is 12.9. The molecule has 4 aromatic rings. The third kappa shape index (κ3) is 3.98. The Labute approximate surface area is 179 Å². The number of fused-ring (bicyclic) bond motifs is 1. The van der Waals surface area contributed by atoms with Crippen LogP contribution in [0.4, 0.5) is 5.69 Å². The quantitative estimate of drug-likeness (QED) is 0.303. The highest BCUT2D eigenvalue weighted by Gasteiger charge is 2.22. The molecule has 6 nitrogen and oxygen atoms in total. The van der Waals surface area contributed by atoms with Gasteiger partial charge in [0.25, 0.3) is 5.22 Å². The molecule has 0 aliphatic rings. The Morgan fingerprint density at radius 2 is 1.83 bits per heavy atom. The molecule has 7 heteroatoms. The number of anilines is 1. The van der Waals surface area contributed by atoms with Crippen LogP contribution in [0.5, 0.6) is 0 Å². The molecule has 0 radical (unpaired) electrons. The lowest BCUT2D eigenvalue weighted by atomic mass is 10.1. The number of carbonyl (C=O) groups is 1. The van der Waals surface area contributed by atoms with Crippen LogP contribution < -0.4 is 4.90 Å². The molecule has 1 atom stereocenters. The average molecular weight is 421 g/mol. The number of nitrogens with one attached hydrogen (secondary N) is 1. The summed E-state index contributed by atoms with van der Waals surface area (Å²) < 4.78 is 5.82. The van der Waals surface area contributed by atoms with E-state index >= 15 is 0 Å². The molecule has 4 rings (SSSR count). The summed E-state index contributed by atoms with van der Waals surface area (Å²) in [5.41, 5.74) is 3.65. The third-order valence-electron chi connectivity index (χ3n) is 5.15. The van der Waals surface area contributed by atoms with Gasteiger partial charge in [0, 0.05) is 47.0 Å². The highest BCUT2D eigenvalue weighted by atomic mass is 32.2. The van der Waals surface area contributed by atoms with Crippen molar-refractivity contribution in [3.63, 3.8) is 0 Å². The molecule has 0 fully saturated rings. The van der Waals surface area contributed by atoms with E-state index in [1.54, 1.807) is 6.20 Å². The molecule has 0 spiro atoms. The molecular weight excluding hydrogens is 396 g/mol. The van der Waals surface area contributed by atoms with Crippen molar-refractivity contribution < 1.29 is 9.21 Å². The number of ketones is 1. The molecule has 154 valence electrons. The van der Waals surface area contributed by atoms with Crippen molar-refractivity contribution in [1.82, 2.24) is 15.2 Å². The number of aromatic amines is 1. The SMILES string of the molecule is CCN(CC)c1ccc(-c2nnc(SC(C)C(=O)c3c[nH]c4ccccc34)o2)cc1. The van der Waals surface area contributed by atoms with Crippen LogP contribution in [-0.4, -0.2) is 39.3 Å². The largest absolute Gasteiger partial charge is 0.411 e. The zero-order valence-corrected chi connectivity index (χ0v) is 18.1. The van der Waals surface area contributed by atoms with Crippen molar-refractivity contribution in [3.8, 4) is 11.5 Å². The fraction of sp³-hybridized carbons (Fsp3) is 0.261. The molecule has 0 amide bonds. The monoisotopic (exact) mass is 420 g/mol. The number of para-hydroxylation sites is 1. The topological polar surface area (TPSA) is 75.0 Å². The minimum Gasteiger partial charge on any atom is -0.411 e. The Balaban J connectivity index is 1.47. The van der Waals surface area contributed by atoms with Gasteiger partial charge in [0.2, 0.25) is 5.89 Å². The van der Waals surface area contributed by atoms with Crippen LogP contribution in [0, 0.1) is 0 Å². The minimum absolute atomic E-state index is 0.0285. The predicted octanol–water partition coefficient (Wildman–Crippen LogP) is 5.43. The number of H-pyrrole nitrogens is 1. The van der Waals surface area contributed by atoms with Gasteiger partial charge in [-0.3, -0.25) is 4.79 Å². The molecule has 0 saturated carbocycles. The zero-order valence-electron chi connectivity index (χ0n) is 17.3. The second-order valence-electron chi connectivity index (χ2n) is 6.96. The molecular formula is C23H24N4O2S. The van der Waals surface area contributed by atoms with Gasteiger partial charge in [0.1, 0.15) is 0 Å². The van der Waals surface area contributed by atoms with E-state index < -0.39 is 0 Å². The smallest absolute Gasteiger partial charge is 0.277 e. The zero-order chi connectivity index (χ0) is 21.1. The second-order valence-corrected chi connectivity index (χ2v) is 8.26. The number of rotatable bonds is 8. The molecule has 0 aliphatic carbocycles. The van der Waals surface area contributed by atoms with Crippen molar-refractivity contribution in [2.45, 2.75) is 31.2 Å². The van der Waals surface area contributed by atoms with Gasteiger partial charge in [-0.25, -0.2) is 0 Å². The Kier molecular flexibility index (Phi) is 5.90. The van der Waals surface area contributed by atoms with E-state index in [4.69, 9.17) is 4.42 Å². The lowest BCUT2D eigenvalue weighted by Crippen LogP contribution is -2.21. The summed E-state index contributed by atoms with van der Waals surface area (Å²) in [7, 11) is 0. The highest BCUT2D eigenvalue weighted by Crippen LogP contribution is 2.30. The van der Waals surface area contributed by atoms with Crippen molar-refractivity contribution in [3.05, 3.63) is 60.3 Å². The van der Waals surface area contributed by atoms with Crippen molar-refractivity contribution >= 4 is 34.1 Å². The maximum absolute atomic E-state index is 12.9. The van der Waals surface area contributed by atoms with Crippen LogP contribution in [-0.2, 0) is 0 Å². The van der Waals surface area contributed by atoms with E-state index in [9.17, 15) is 4.79 Å². The number of thioether (sulfide) groups is 1. The van der Waals surface area contributed by atoms with Crippen LogP contribution >= 0.6 is 11.8 Å². The number of nitrogens with zero attached hydrogens (tertiary/aromatic N) is 3. The first-order valence-corrected chi connectivity index (χ1v) is 10.9. The fourth-order valence-electron chi connectivity index (χ4n) is 3.48. The van der Waals surface area contributed by atoms with Crippen LogP contribution in [0.25, 0.3) is 22.4 Å². The Bertz CT molecular complexity index is 1150. The van der Waals surface area contributed by atoms with Gasteiger partial charge in [0.05, 0.1) is 5.25 Å². The van der Waals surface area contributed by atoms with Gasteiger partial charge in [-0.1, -0.05) is 30.0 Å². The van der Waals surface area contributed by atoms with Crippen LogP contribution in [0.2, 0.25) is 0 Å². The first-order chi connectivity index (χ1) is 14.6. The van der Waals surface area contributed by atoms with Crippen LogP contribution in [0.15, 0.2) is 64.4 Å². The average Bonchev–Trinajstić information content (AvgIpc) is 3.42. The summed E-state index contributed by atoms with van der Waals surface area (Å²) in [6, 6.07) is 15.9. The van der Waals surface area contributed by atoms with Gasteiger partial charge in [-0.2, -0.15) is 0 Å². The molecule has 2 heterocycles. The number of carbonyl (C=O) groups excluding carboxylic acids is 1. The molecule has 30 heavy (non-hydrogen) atoms. The summed E-state index contributed by atoms with van der Waals surface area (Å²) in [6.45, 7) is 8.05. The molecule has 0 aliphatic heterocycles. The van der Waals surface area contributed by atoms with E-state index in [1.165, 1.54) is 11.8 Å². The lowest BCUT2D eigenvalue weighted by molar-refractivity contribution is 0.0995. The molecule has 1 N–H and O–H groups in total. The summed E-state index contributed by atoms with van der Waals surface area (Å²) >= 11 is 1.28. The molecule has 2 aromatic carbocycles. The van der Waals surface area contributed by atoms with Gasteiger partial charge in [-0.05, 0) is 51.1 Å². The number of hydrogen-bond donors (Lipinski definition) is 1. The molecule has 2 aromatic heterocycles. The predicted molar refractivity (Wildman–Crippen MR) is 121 cm³/mol. The molecule has 0 saturated heterocycles. The van der Waals surface area contributed by atoms with Gasteiger partial charge >= 0.3 is 0 Å². The number of hydrogen-bond acceptors (Lipinski definition) is 6. The van der Waals surface area contributed by atoms with E-state index in [0.717, 1.165) is 35.2 Å². The van der Waals surface area contributed by atoms with Crippen molar-refractivity contribution in [2.24, 2.45) is 0 Å². The van der Waals surface area contributed by atoms with E-state index in [2.05, 4.69) is 46.1 Å². The van der Waals surface area contributed by atoms with E-state index in [0.29, 0.717) is 16.7 Å². The summed E-state index contributed by atoms with van der Waals surface area (Å²) in [4.78, 5) is 18.3. The van der Waals surface area contributed by atoms with Crippen LogP contribution in [0.3, 0.4) is 0 Å². The summed E-state index contributed by atoms with van der Waals surface area (Å²) in [5, 5.41) is 9.25. The van der Waals surface area contributed by atoms with Crippen molar-refractivity contribution in [1.29, 1.82) is 0 Å². The van der Waals surface area contributed by atoms with Gasteiger partial charge < -0.3 is 14.3 Å². The van der Waals surface area contributed by atoms with Crippen LogP contribution in [0.1, 0.15) is 31.1 Å². The summed E-state index contributed by atoms with van der Waals surface area (Å²) in [6.07, 6.45) is 1.76. The summed E-state index contributed by atoms with van der Waals surface area (Å²) in [5.74, 6) is 0.483. The highest BCUT2D eigenvalue weighted by molar-refractivity contribution is 8.00. The van der Waals surface area contributed by atoms with E-state index in [1.807, 2.05) is 43.3 Å². The van der Waals surface area contributed by atoms with Crippen molar-refractivity contribution in [2.75, 3.05) is 18.0 Å². The molecule has 0 bridgehead atoms. The fourth-order valence-corrected chi connectivity index (χ4v) is 4.23. The Morgan fingerprint density at radius 3 is 2.57 bits per heavy atom. The molecule has 1 unspecified atom stereocenters. The lowest BCUT2D eigenvalue weighted by Gasteiger charge is -2.20. The number of Topliss-reactive ketones (excluding diaryl/α,β-unsaturated/α-hetero) is 1. The first kappa shape index (κ1) is 20.2. The number of aromatic nitrogens is 3.